The predicted molar refractivity (Wildman–Crippen MR) is 54.7 cm³/mol. The molecule has 0 spiro atoms. The second kappa shape index (κ2) is 5.05. The van der Waals surface area contributed by atoms with Crippen molar-refractivity contribution >= 4 is 0 Å². The smallest absolute Gasteiger partial charge is 0.165 e. The van der Waals surface area contributed by atoms with Crippen LogP contribution in [0.3, 0.4) is 0 Å². The van der Waals surface area contributed by atoms with E-state index in [2.05, 4.69) is 41.6 Å². The minimum Gasteiger partial charge on any atom is -0.313 e. The van der Waals surface area contributed by atoms with Crippen LogP contribution in [0.2, 0.25) is 0 Å². The zero-order chi connectivity index (χ0) is 10.6. The van der Waals surface area contributed by atoms with Crippen LogP contribution in [0.5, 0.6) is 0 Å². The molecule has 0 aromatic carbocycles. The molecular weight excluding hydrogens is 178 g/mol. The van der Waals surface area contributed by atoms with Gasteiger partial charge in [0, 0.05) is 0 Å². The molecule has 14 heavy (non-hydrogen) atoms. The van der Waals surface area contributed by atoms with Crippen LogP contribution < -0.4 is 5.32 Å². The summed E-state index contributed by atoms with van der Waals surface area (Å²) in [7, 11) is 1.90. The van der Waals surface area contributed by atoms with Crippen molar-refractivity contribution in [3.8, 4) is 0 Å². The summed E-state index contributed by atoms with van der Waals surface area (Å²) < 4.78 is 1.91. The molecule has 5 heteroatoms. The number of hydrogen-bond acceptors (Lipinski definition) is 4. The van der Waals surface area contributed by atoms with Crippen molar-refractivity contribution < 1.29 is 0 Å². The van der Waals surface area contributed by atoms with Gasteiger partial charge in [0.25, 0.3) is 0 Å². The Labute approximate surface area is 84.9 Å². The third kappa shape index (κ3) is 2.29. The zero-order valence-corrected chi connectivity index (χ0v) is 9.36. The van der Waals surface area contributed by atoms with E-state index in [0.717, 1.165) is 12.2 Å². The summed E-state index contributed by atoms with van der Waals surface area (Å²) in [6.45, 7) is 7.27. The van der Waals surface area contributed by atoms with Gasteiger partial charge in [-0.1, -0.05) is 20.3 Å². The SMILES string of the molecule is CCC(C)C(C)n1nnnc1CNC. The van der Waals surface area contributed by atoms with Crippen molar-refractivity contribution in [2.75, 3.05) is 7.05 Å². The minimum absolute atomic E-state index is 0.360. The van der Waals surface area contributed by atoms with Gasteiger partial charge in [0.05, 0.1) is 12.6 Å². The van der Waals surface area contributed by atoms with Crippen LogP contribution in [0.1, 0.15) is 39.1 Å². The molecule has 1 heterocycles. The largest absolute Gasteiger partial charge is 0.313 e. The lowest BCUT2D eigenvalue weighted by atomic mass is 10.0. The normalized spacial score (nSPS) is 15.4. The van der Waals surface area contributed by atoms with Crippen LogP contribution >= 0.6 is 0 Å². The highest BCUT2D eigenvalue weighted by Crippen LogP contribution is 2.19. The molecule has 0 radical (unpaired) electrons. The van der Waals surface area contributed by atoms with E-state index in [1.54, 1.807) is 0 Å². The first-order valence-electron chi connectivity index (χ1n) is 5.12. The first-order chi connectivity index (χ1) is 6.70. The van der Waals surface area contributed by atoms with E-state index < -0.39 is 0 Å². The van der Waals surface area contributed by atoms with Gasteiger partial charge in [0.1, 0.15) is 0 Å². The Morgan fingerprint density at radius 1 is 1.43 bits per heavy atom. The Balaban J connectivity index is 2.77. The molecule has 1 rings (SSSR count). The lowest BCUT2D eigenvalue weighted by molar-refractivity contribution is 0.327. The number of rotatable bonds is 5. The fourth-order valence-electron chi connectivity index (χ4n) is 1.39. The van der Waals surface area contributed by atoms with Crippen LogP contribution in [-0.2, 0) is 6.54 Å². The third-order valence-electron chi connectivity index (χ3n) is 2.75. The number of hydrogen-bond donors (Lipinski definition) is 1. The second-order valence-corrected chi connectivity index (χ2v) is 3.70. The molecule has 1 aromatic heterocycles. The van der Waals surface area contributed by atoms with Crippen LogP contribution in [0.25, 0.3) is 0 Å². The van der Waals surface area contributed by atoms with Crippen molar-refractivity contribution in [1.82, 2.24) is 25.5 Å². The molecule has 1 aromatic rings. The molecule has 80 valence electrons. The first-order valence-corrected chi connectivity index (χ1v) is 5.12. The topological polar surface area (TPSA) is 55.6 Å². The Hall–Kier alpha value is -0.970. The van der Waals surface area contributed by atoms with E-state index in [1.165, 1.54) is 0 Å². The second-order valence-electron chi connectivity index (χ2n) is 3.70. The van der Waals surface area contributed by atoms with Gasteiger partial charge in [-0.05, 0) is 30.3 Å². The molecule has 5 nitrogen and oxygen atoms in total. The summed E-state index contributed by atoms with van der Waals surface area (Å²) in [4.78, 5) is 0. The van der Waals surface area contributed by atoms with Gasteiger partial charge in [0.2, 0.25) is 0 Å². The molecule has 0 bridgehead atoms. The predicted octanol–water partition coefficient (Wildman–Crippen LogP) is 1.000. The van der Waals surface area contributed by atoms with E-state index >= 15 is 0 Å². The van der Waals surface area contributed by atoms with Gasteiger partial charge in [-0.2, -0.15) is 0 Å². The summed E-state index contributed by atoms with van der Waals surface area (Å²) >= 11 is 0. The molecule has 2 atom stereocenters. The Bertz CT molecular complexity index is 270. The van der Waals surface area contributed by atoms with Crippen molar-refractivity contribution in [1.29, 1.82) is 0 Å². The van der Waals surface area contributed by atoms with Crippen LogP contribution in [-0.4, -0.2) is 27.3 Å². The van der Waals surface area contributed by atoms with Gasteiger partial charge >= 0.3 is 0 Å². The van der Waals surface area contributed by atoms with Crippen molar-refractivity contribution in [3.05, 3.63) is 5.82 Å². The minimum atomic E-state index is 0.360. The van der Waals surface area contributed by atoms with E-state index in [9.17, 15) is 0 Å². The summed E-state index contributed by atoms with van der Waals surface area (Å²) in [5, 5.41) is 14.8. The number of nitrogens with one attached hydrogen (secondary N) is 1. The van der Waals surface area contributed by atoms with Crippen LogP contribution in [0.4, 0.5) is 0 Å². The van der Waals surface area contributed by atoms with E-state index in [4.69, 9.17) is 0 Å². The molecule has 2 unspecified atom stereocenters. The van der Waals surface area contributed by atoms with Crippen molar-refractivity contribution in [3.63, 3.8) is 0 Å². The third-order valence-corrected chi connectivity index (χ3v) is 2.75. The van der Waals surface area contributed by atoms with Crippen molar-refractivity contribution in [2.45, 2.75) is 39.8 Å². The molecule has 0 fully saturated rings. The Kier molecular flexibility index (Phi) is 4.00. The maximum Gasteiger partial charge on any atom is 0.165 e. The highest BCUT2D eigenvalue weighted by molar-refractivity contribution is 4.83. The maximum absolute atomic E-state index is 4.02. The number of aromatic nitrogens is 4. The molecule has 0 saturated heterocycles. The number of tetrazole rings is 1. The lowest BCUT2D eigenvalue weighted by Gasteiger charge is -2.19. The van der Waals surface area contributed by atoms with Crippen LogP contribution in [0.15, 0.2) is 0 Å². The fourth-order valence-corrected chi connectivity index (χ4v) is 1.39. The molecular formula is C9H19N5. The average Bonchev–Trinajstić information content (AvgIpc) is 2.64. The summed E-state index contributed by atoms with van der Waals surface area (Å²) in [5.74, 6) is 1.49. The molecule has 0 aliphatic heterocycles. The Morgan fingerprint density at radius 2 is 2.14 bits per heavy atom. The van der Waals surface area contributed by atoms with Gasteiger partial charge in [-0.15, -0.1) is 5.10 Å². The molecule has 0 aliphatic rings. The van der Waals surface area contributed by atoms with Gasteiger partial charge in [-0.3, -0.25) is 0 Å². The van der Waals surface area contributed by atoms with Gasteiger partial charge in [0.15, 0.2) is 5.82 Å². The highest BCUT2D eigenvalue weighted by Gasteiger charge is 2.16. The van der Waals surface area contributed by atoms with E-state index in [1.807, 2.05) is 11.7 Å². The van der Waals surface area contributed by atoms with E-state index in [-0.39, 0.29) is 0 Å². The maximum atomic E-state index is 4.02. The standard InChI is InChI=1S/C9H19N5/c1-5-7(2)8(3)14-9(6-10-4)11-12-13-14/h7-8,10H,5-6H2,1-4H3. The fraction of sp³-hybridized carbons (Fsp3) is 0.889. The summed E-state index contributed by atoms with van der Waals surface area (Å²) in [6.07, 6.45) is 1.14. The summed E-state index contributed by atoms with van der Waals surface area (Å²) in [6, 6.07) is 0.360. The van der Waals surface area contributed by atoms with Crippen molar-refractivity contribution in [2.24, 2.45) is 5.92 Å². The molecule has 1 N–H and O–H groups in total. The monoisotopic (exact) mass is 197 g/mol. The van der Waals surface area contributed by atoms with Gasteiger partial charge < -0.3 is 5.32 Å². The average molecular weight is 197 g/mol. The molecule has 0 amide bonds. The quantitative estimate of drug-likeness (QED) is 0.765. The highest BCUT2D eigenvalue weighted by atomic mass is 15.6. The molecule has 0 aliphatic carbocycles. The van der Waals surface area contributed by atoms with Gasteiger partial charge in [-0.25, -0.2) is 4.68 Å². The molecule has 0 saturated carbocycles. The number of nitrogens with zero attached hydrogens (tertiary/aromatic N) is 4. The summed E-state index contributed by atoms with van der Waals surface area (Å²) in [5.41, 5.74) is 0. The lowest BCUT2D eigenvalue weighted by Crippen LogP contribution is -2.20. The zero-order valence-electron chi connectivity index (χ0n) is 9.36. The van der Waals surface area contributed by atoms with Crippen LogP contribution in [0, 0.1) is 5.92 Å². The first kappa shape index (κ1) is 11.1. The Morgan fingerprint density at radius 3 is 2.71 bits per heavy atom. The van der Waals surface area contributed by atoms with E-state index in [0.29, 0.717) is 18.5 Å².